The Morgan fingerprint density at radius 1 is 1.85 bits per heavy atom. The predicted octanol–water partition coefficient (Wildman–Crippen LogP) is 0.533. The summed E-state index contributed by atoms with van der Waals surface area (Å²) in [6.45, 7) is 0.357. The zero-order chi connectivity index (χ0) is 9.68. The monoisotopic (exact) mass is 248 g/mol. The van der Waals surface area contributed by atoms with Gasteiger partial charge in [-0.05, 0) is 15.9 Å². The zero-order valence-corrected chi connectivity index (χ0v) is 8.51. The molecule has 0 bridgehead atoms. The number of amides is 2. The SMILES string of the molecule is CONC(=O)NCc1[nH]ncc1Br. The average molecular weight is 249 g/mol. The Bertz CT molecular complexity index is 288. The maximum absolute atomic E-state index is 10.9. The third-order valence-electron chi connectivity index (χ3n) is 1.29. The fraction of sp³-hybridized carbons (Fsp3) is 0.333. The molecule has 6 nitrogen and oxygen atoms in total. The van der Waals surface area contributed by atoms with Crippen LogP contribution in [0.25, 0.3) is 0 Å². The first-order valence-corrected chi connectivity index (χ1v) is 4.28. The van der Waals surface area contributed by atoms with Crippen LogP contribution in [-0.2, 0) is 11.4 Å². The van der Waals surface area contributed by atoms with Crippen LogP contribution in [0.4, 0.5) is 4.79 Å². The molecule has 2 amide bonds. The summed E-state index contributed by atoms with van der Waals surface area (Å²) in [5, 5.41) is 9.04. The highest BCUT2D eigenvalue weighted by Crippen LogP contribution is 2.11. The molecule has 0 aliphatic rings. The molecule has 72 valence electrons. The third kappa shape index (κ3) is 3.03. The Morgan fingerprint density at radius 2 is 2.62 bits per heavy atom. The molecule has 7 heteroatoms. The van der Waals surface area contributed by atoms with Gasteiger partial charge in [0.1, 0.15) is 0 Å². The number of halogens is 1. The number of hydrogen-bond donors (Lipinski definition) is 3. The molecule has 0 saturated carbocycles. The highest BCUT2D eigenvalue weighted by Gasteiger charge is 2.03. The Balaban J connectivity index is 2.35. The van der Waals surface area contributed by atoms with Crippen molar-refractivity contribution >= 4 is 22.0 Å². The van der Waals surface area contributed by atoms with E-state index < -0.39 is 6.03 Å². The smallest absolute Gasteiger partial charge is 0.331 e. The molecule has 3 N–H and O–H groups in total. The minimum absolute atomic E-state index is 0.357. The standard InChI is InChI=1S/C6H9BrN4O2/c1-13-11-6(12)8-3-5-4(7)2-9-10-5/h2H,3H2,1H3,(H,9,10)(H2,8,11,12). The molecular weight excluding hydrogens is 240 g/mol. The Labute approximate surface area is 83.1 Å². The summed E-state index contributed by atoms with van der Waals surface area (Å²) in [5.41, 5.74) is 2.93. The van der Waals surface area contributed by atoms with E-state index in [0.29, 0.717) is 6.54 Å². The molecule has 0 atom stereocenters. The summed E-state index contributed by atoms with van der Waals surface area (Å²) in [4.78, 5) is 15.3. The van der Waals surface area contributed by atoms with Gasteiger partial charge in [0, 0.05) is 0 Å². The van der Waals surface area contributed by atoms with Crippen LogP contribution in [0.5, 0.6) is 0 Å². The molecule has 0 fully saturated rings. The number of aromatic amines is 1. The number of urea groups is 1. The van der Waals surface area contributed by atoms with Gasteiger partial charge in [-0.3, -0.25) is 9.94 Å². The van der Waals surface area contributed by atoms with Gasteiger partial charge in [0.15, 0.2) is 0 Å². The van der Waals surface area contributed by atoms with Crippen LogP contribution in [-0.4, -0.2) is 23.3 Å². The Kier molecular flexibility index (Phi) is 3.71. The van der Waals surface area contributed by atoms with E-state index in [2.05, 4.69) is 41.8 Å². The largest absolute Gasteiger partial charge is 0.339 e. The number of carbonyl (C=O) groups excluding carboxylic acids is 1. The molecule has 1 heterocycles. The van der Waals surface area contributed by atoms with Crippen molar-refractivity contribution in [1.82, 2.24) is 21.0 Å². The van der Waals surface area contributed by atoms with Crippen LogP contribution in [0.15, 0.2) is 10.7 Å². The van der Waals surface area contributed by atoms with Crippen molar-refractivity contribution in [1.29, 1.82) is 0 Å². The van der Waals surface area contributed by atoms with Gasteiger partial charge >= 0.3 is 6.03 Å². The number of H-pyrrole nitrogens is 1. The lowest BCUT2D eigenvalue weighted by atomic mass is 10.4. The fourth-order valence-corrected chi connectivity index (χ4v) is 1.05. The highest BCUT2D eigenvalue weighted by atomic mass is 79.9. The molecule has 0 saturated heterocycles. The van der Waals surface area contributed by atoms with E-state index in [4.69, 9.17) is 0 Å². The fourth-order valence-electron chi connectivity index (χ4n) is 0.720. The number of aromatic nitrogens is 2. The molecule has 0 radical (unpaired) electrons. The van der Waals surface area contributed by atoms with Gasteiger partial charge in [-0.2, -0.15) is 5.10 Å². The molecule has 1 aromatic heterocycles. The lowest BCUT2D eigenvalue weighted by Gasteiger charge is -2.03. The topological polar surface area (TPSA) is 79.0 Å². The normalized spacial score (nSPS) is 9.69. The summed E-state index contributed by atoms with van der Waals surface area (Å²) in [6, 6.07) is -0.399. The van der Waals surface area contributed by atoms with Gasteiger partial charge < -0.3 is 5.32 Å². The summed E-state index contributed by atoms with van der Waals surface area (Å²) in [5.74, 6) is 0. The van der Waals surface area contributed by atoms with Gasteiger partial charge in [-0.25, -0.2) is 10.3 Å². The van der Waals surface area contributed by atoms with E-state index >= 15 is 0 Å². The van der Waals surface area contributed by atoms with Crippen molar-refractivity contribution in [3.05, 3.63) is 16.4 Å². The molecule has 0 unspecified atom stereocenters. The molecule has 0 aromatic carbocycles. The van der Waals surface area contributed by atoms with E-state index in [1.165, 1.54) is 7.11 Å². The van der Waals surface area contributed by atoms with Crippen LogP contribution in [0.1, 0.15) is 5.69 Å². The minimum Gasteiger partial charge on any atom is -0.331 e. The maximum Gasteiger partial charge on any atom is 0.339 e. The second kappa shape index (κ2) is 4.83. The lowest BCUT2D eigenvalue weighted by molar-refractivity contribution is 0.107. The van der Waals surface area contributed by atoms with E-state index in [9.17, 15) is 4.79 Å². The van der Waals surface area contributed by atoms with Crippen molar-refractivity contribution in [2.24, 2.45) is 0 Å². The van der Waals surface area contributed by atoms with E-state index in [1.807, 2.05) is 0 Å². The summed E-state index contributed by atoms with van der Waals surface area (Å²) < 4.78 is 0.824. The van der Waals surface area contributed by atoms with E-state index in [0.717, 1.165) is 10.2 Å². The quantitative estimate of drug-likeness (QED) is 0.684. The van der Waals surface area contributed by atoms with Crippen LogP contribution >= 0.6 is 15.9 Å². The molecule has 0 spiro atoms. The van der Waals surface area contributed by atoms with Crippen molar-refractivity contribution in [2.45, 2.75) is 6.54 Å². The summed E-state index contributed by atoms with van der Waals surface area (Å²) in [7, 11) is 1.37. The van der Waals surface area contributed by atoms with E-state index in [-0.39, 0.29) is 0 Å². The van der Waals surface area contributed by atoms with Crippen LogP contribution in [0.2, 0.25) is 0 Å². The molecule has 0 aliphatic heterocycles. The molecule has 0 aliphatic carbocycles. The van der Waals surface area contributed by atoms with Gasteiger partial charge in [0.05, 0.1) is 30.0 Å². The Morgan fingerprint density at radius 3 is 3.15 bits per heavy atom. The lowest BCUT2D eigenvalue weighted by Crippen LogP contribution is -2.34. The van der Waals surface area contributed by atoms with Crippen LogP contribution < -0.4 is 10.8 Å². The van der Waals surface area contributed by atoms with Crippen LogP contribution in [0.3, 0.4) is 0 Å². The zero-order valence-electron chi connectivity index (χ0n) is 6.93. The van der Waals surface area contributed by atoms with Crippen molar-refractivity contribution in [3.63, 3.8) is 0 Å². The first kappa shape index (κ1) is 10.0. The minimum atomic E-state index is -0.399. The third-order valence-corrected chi connectivity index (χ3v) is 1.97. The second-order valence-corrected chi connectivity index (χ2v) is 3.04. The maximum atomic E-state index is 10.9. The van der Waals surface area contributed by atoms with Crippen molar-refractivity contribution in [2.75, 3.05) is 7.11 Å². The molecular formula is C6H9BrN4O2. The number of nitrogens with zero attached hydrogens (tertiary/aromatic N) is 1. The first-order valence-electron chi connectivity index (χ1n) is 3.48. The molecule has 1 aromatic rings. The number of hydroxylamine groups is 1. The van der Waals surface area contributed by atoms with Gasteiger partial charge in [-0.1, -0.05) is 0 Å². The predicted molar refractivity (Wildman–Crippen MR) is 48.7 cm³/mol. The molecule has 13 heavy (non-hydrogen) atoms. The van der Waals surface area contributed by atoms with Gasteiger partial charge in [0.2, 0.25) is 0 Å². The van der Waals surface area contributed by atoms with Crippen LogP contribution in [0, 0.1) is 0 Å². The summed E-state index contributed by atoms with van der Waals surface area (Å²) >= 11 is 3.26. The number of rotatable bonds is 3. The van der Waals surface area contributed by atoms with Crippen molar-refractivity contribution < 1.29 is 9.63 Å². The van der Waals surface area contributed by atoms with Gasteiger partial charge in [-0.15, -0.1) is 0 Å². The van der Waals surface area contributed by atoms with Crippen molar-refractivity contribution in [3.8, 4) is 0 Å². The number of carbonyl (C=O) groups is 1. The van der Waals surface area contributed by atoms with E-state index in [1.54, 1.807) is 6.20 Å². The Hall–Kier alpha value is -1.08. The summed E-state index contributed by atoms with van der Waals surface area (Å²) in [6.07, 6.45) is 1.62. The van der Waals surface area contributed by atoms with Gasteiger partial charge in [0.25, 0.3) is 0 Å². The second-order valence-electron chi connectivity index (χ2n) is 2.19. The first-order chi connectivity index (χ1) is 6.24. The number of nitrogens with one attached hydrogen (secondary N) is 3. The highest BCUT2D eigenvalue weighted by molar-refractivity contribution is 9.10. The average Bonchev–Trinajstić information content (AvgIpc) is 2.48. The molecule has 1 rings (SSSR count). The number of hydrogen-bond acceptors (Lipinski definition) is 3.